The second-order valence-corrected chi connectivity index (χ2v) is 9.25. The van der Waals surface area contributed by atoms with E-state index in [0.29, 0.717) is 28.1 Å². The zero-order valence-electron chi connectivity index (χ0n) is 16.5. The number of amides is 1. The summed E-state index contributed by atoms with van der Waals surface area (Å²) in [6.45, 7) is 1.90. The summed E-state index contributed by atoms with van der Waals surface area (Å²) < 4.78 is 13.3. The predicted molar refractivity (Wildman–Crippen MR) is 120 cm³/mol. The van der Waals surface area contributed by atoms with Crippen molar-refractivity contribution in [2.24, 2.45) is 7.05 Å². The summed E-state index contributed by atoms with van der Waals surface area (Å²) in [7, 11) is 1.63. The number of hydrogen-bond donors (Lipinski definition) is 1. The molecule has 31 heavy (non-hydrogen) atoms. The van der Waals surface area contributed by atoms with Crippen LogP contribution < -0.4 is 11.1 Å². The van der Waals surface area contributed by atoms with Crippen molar-refractivity contribution in [3.8, 4) is 0 Å². The van der Waals surface area contributed by atoms with Crippen molar-refractivity contribution in [3.63, 3.8) is 0 Å². The summed E-state index contributed by atoms with van der Waals surface area (Å²) in [5, 5.41) is 12.8. The Morgan fingerprint density at radius 2 is 2.00 bits per heavy atom. The highest BCUT2D eigenvalue weighted by Crippen LogP contribution is 2.33. The van der Waals surface area contributed by atoms with Crippen molar-refractivity contribution in [2.45, 2.75) is 17.0 Å². The van der Waals surface area contributed by atoms with Gasteiger partial charge in [0, 0.05) is 35.5 Å². The van der Waals surface area contributed by atoms with E-state index in [1.54, 1.807) is 25.2 Å². The number of aryl methyl sites for hydroxylation is 2. The molecule has 8 nitrogen and oxygen atoms in total. The number of rotatable bonds is 5. The Kier molecular flexibility index (Phi) is 4.87. The quantitative estimate of drug-likeness (QED) is 0.389. The number of hydrogen-bond acceptors (Lipinski definition) is 8. The number of nitrogens with zero attached hydrogens (tertiary/aromatic N) is 3. The molecule has 156 valence electrons. The SMILES string of the molecule is Cc1nnc(SCc2c(C(=O)Nc3ccc4c(c3)oc(=O)n4C)oc3ccccc23)s1. The second kappa shape index (κ2) is 7.71. The number of benzene rings is 2. The van der Waals surface area contributed by atoms with E-state index in [4.69, 9.17) is 8.83 Å². The van der Waals surface area contributed by atoms with E-state index in [-0.39, 0.29) is 11.7 Å². The fourth-order valence-corrected chi connectivity index (χ4v) is 5.14. The lowest BCUT2D eigenvalue weighted by Crippen LogP contribution is -2.12. The Bertz CT molecular complexity index is 1490. The van der Waals surface area contributed by atoms with Crippen LogP contribution in [0.3, 0.4) is 0 Å². The lowest BCUT2D eigenvalue weighted by atomic mass is 10.1. The van der Waals surface area contributed by atoms with Crippen LogP contribution in [0.2, 0.25) is 0 Å². The van der Waals surface area contributed by atoms with Crippen LogP contribution in [-0.2, 0) is 12.8 Å². The first-order valence-electron chi connectivity index (χ1n) is 9.34. The Hall–Kier alpha value is -3.37. The summed E-state index contributed by atoms with van der Waals surface area (Å²) in [6.07, 6.45) is 0. The number of carbonyl (C=O) groups is 1. The van der Waals surface area contributed by atoms with Crippen molar-refractivity contribution >= 4 is 56.8 Å². The van der Waals surface area contributed by atoms with Gasteiger partial charge in [-0.15, -0.1) is 10.2 Å². The number of carbonyl (C=O) groups excluding carboxylic acids is 1. The molecule has 1 N–H and O–H groups in total. The number of para-hydroxylation sites is 1. The molecule has 0 atom stereocenters. The van der Waals surface area contributed by atoms with Gasteiger partial charge in [0.2, 0.25) is 0 Å². The summed E-state index contributed by atoms with van der Waals surface area (Å²) in [6, 6.07) is 12.6. The van der Waals surface area contributed by atoms with Gasteiger partial charge >= 0.3 is 5.76 Å². The molecule has 2 aromatic carbocycles. The highest BCUT2D eigenvalue weighted by molar-refractivity contribution is 8.00. The molecule has 10 heteroatoms. The van der Waals surface area contributed by atoms with Crippen LogP contribution in [0.15, 0.2) is 60.4 Å². The Morgan fingerprint density at radius 3 is 2.81 bits per heavy atom. The van der Waals surface area contributed by atoms with E-state index in [9.17, 15) is 9.59 Å². The van der Waals surface area contributed by atoms with Crippen LogP contribution in [0.1, 0.15) is 21.1 Å². The monoisotopic (exact) mass is 452 g/mol. The molecule has 0 spiro atoms. The van der Waals surface area contributed by atoms with Gasteiger partial charge in [-0.1, -0.05) is 41.3 Å². The largest absolute Gasteiger partial charge is 0.451 e. The number of nitrogens with one attached hydrogen (secondary N) is 1. The molecule has 0 radical (unpaired) electrons. The smallest absolute Gasteiger partial charge is 0.419 e. The fourth-order valence-electron chi connectivity index (χ4n) is 3.30. The van der Waals surface area contributed by atoms with Crippen LogP contribution in [0, 0.1) is 6.92 Å². The van der Waals surface area contributed by atoms with Crippen LogP contribution in [0.5, 0.6) is 0 Å². The maximum Gasteiger partial charge on any atom is 0.419 e. The van der Waals surface area contributed by atoms with Crippen molar-refractivity contribution < 1.29 is 13.6 Å². The van der Waals surface area contributed by atoms with E-state index < -0.39 is 5.76 Å². The van der Waals surface area contributed by atoms with Crippen molar-refractivity contribution in [1.82, 2.24) is 14.8 Å². The lowest BCUT2D eigenvalue weighted by Gasteiger charge is -2.05. The zero-order chi connectivity index (χ0) is 21.5. The third kappa shape index (κ3) is 3.64. The van der Waals surface area contributed by atoms with Crippen molar-refractivity contribution in [1.29, 1.82) is 0 Å². The molecule has 0 unspecified atom stereocenters. The lowest BCUT2D eigenvalue weighted by molar-refractivity contribution is 0.0998. The van der Waals surface area contributed by atoms with Crippen LogP contribution in [-0.4, -0.2) is 20.7 Å². The summed E-state index contributed by atoms with van der Waals surface area (Å²) >= 11 is 3.02. The summed E-state index contributed by atoms with van der Waals surface area (Å²) in [5.74, 6) is -0.0783. The first kappa shape index (κ1) is 19.6. The van der Waals surface area contributed by atoms with Gasteiger partial charge in [0.05, 0.1) is 5.52 Å². The maximum atomic E-state index is 13.1. The van der Waals surface area contributed by atoms with Gasteiger partial charge in [-0.2, -0.15) is 0 Å². The predicted octanol–water partition coefficient (Wildman–Crippen LogP) is 4.58. The molecule has 3 aromatic heterocycles. The normalized spacial score (nSPS) is 11.4. The molecule has 3 heterocycles. The molecule has 0 saturated carbocycles. The minimum Gasteiger partial charge on any atom is -0.451 e. The number of fused-ring (bicyclic) bond motifs is 2. The van der Waals surface area contributed by atoms with E-state index in [1.807, 2.05) is 31.2 Å². The van der Waals surface area contributed by atoms with E-state index in [0.717, 1.165) is 20.3 Å². The highest BCUT2D eigenvalue weighted by atomic mass is 32.2. The molecule has 0 fully saturated rings. The third-order valence-corrected chi connectivity index (χ3v) is 6.80. The number of aromatic nitrogens is 3. The molecule has 0 saturated heterocycles. The highest BCUT2D eigenvalue weighted by Gasteiger charge is 2.21. The van der Waals surface area contributed by atoms with Gasteiger partial charge in [0.1, 0.15) is 10.6 Å². The average Bonchev–Trinajstić information content (AvgIpc) is 3.42. The number of thioether (sulfide) groups is 1. The van der Waals surface area contributed by atoms with Gasteiger partial charge in [-0.05, 0) is 25.1 Å². The van der Waals surface area contributed by atoms with Crippen molar-refractivity contribution in [2.75, 3.05) is 5.32 Å². The number of anilines is 1. The molecule has 0 bridgehead atoms. The van der Waals surface area contributed by atoms with Gasteiger partial charge in [0.25, 0.3) is 5.91 Å². The molecule has 0 aliphatic heterocycles. The molecule has 0 aliphatic rings. The maximum absolute atomic E-state index is 13.1. The van der Waals surface area contributed by atoms with Gasteiger partial charge < -0.3 is 14.2 Å². The van der Waals surface area contributed by atoms with Gasteiger partial charge in [-0.3, -0.25) is 9.36 Å². The van der Waals surface area contributed by atoms with Gasteiger partial charge in [0.15, 0.2) is 15.7 Å². The first-order chi connectivity index (χ1) is 15.0. The third-order valence-electron chi connectivity index (χ3n) is 4.80. The molecule has 0 aliphatic carbocycles. The molecule has 1 amide bonds. The summed E-state index contributed by atoms with van der Waals surface area (Å²) in [4.78, 5) is 24.8. The van der Waals surface area contributed by atoms with Crippen LogP contribution in [0.4, 0.5) is 5.69 Å². The molecule has 5 aromatic rings. The first-order valence-corrected chi connectivity index (χ1v) is 11.1. The Morgan fingerprint density at radius 1 is 1.16 bits per heavy atom. The van der Waals surface area contributed by atoms with E-state index >= 15 is 0 Å². The Balaban J connectivity index is 1.47. The van der Waals surface area contributed by atoms with E-state index in [1.165, 1.54) is 27.7 Å². The minimum atomic E-state index is -0.456. The van der Waals surface area contributed by atoms with Crippen molar-refractivity contribution in [3.05, 3.63) is 69.3 Å². The number of furan rings is 1. The van der Waals surface area contributed by atoms with Crippen LogP contribution >= 0.6 is 23.1 Å². The summed E-state index contributed by atoms with van der Waals surface area (Å²) in [5.41, 5.74) is 2.98. The fraction of sp³-hybridized carbons (Fsp3) is 0.143. The minimum absolute atomic E-state index is 0.240. The molecular formula is C21H16N4O4S2. The Labute approximate surface area is 183 Å². The number of oxazole rings is 1. The standard InChI is InChI=1S/C21H16N4O4S2/c1-11-23-24-20(31-11)30-10-14-13-5-3-4-6-16(13)28-18(14)19(26)22-12-7-8-15-17(9-12)29-21(27)25(15)2/h3-9H,10H2,1-2H3,(H,22,26). The topological polar surface area (TPSA) is 103 Å². The molecular weight excluding hydrogens is 436 g/mol. The van der Waals surface area contributed by atoms with Crippen LogP contribution in [0.25, 0.3) is 22.1 Å². The second-order valence-electron chi connectivity index (χ2n) is 6.85. The van der Waals surface area contributed by atoms with E-state index in [2.05, 4.69) is 15.5 Å². The van der Waals surface area contributed by atoms with Gasteiger partial charge in [-0.25, -0.2) is 4.79 Å². The average molecular weight is 453 g/mol. The molecule has 5 rings (SSSR count). The zero-order valence-corrected chi connectivity index (χ0v) is 18.2.